The predicted octanol–water partition coefficient (Wildman–Crippen LogP) is 3.20. The lowest BCUT2D eigenvalue weighted by molar-refractivity contribution is -0.137. The molecule has 1 aliphatic rings. The highest BCUT2D eigenvalue weighted by Crippen LogP contribution is 2.24. The van der Waals surface area contributed by atoms with Crippen molar-refractivity contribution >= 4 is 11.8 Å². The maximum absolute atomic E-state index is 12.9. The Bertz CT molecular complexity index is 617. The molecule has 0 radical (unpaired) electrons. The van der Waals surface area contributed by atoms with Crippen molar-refractivity contribution in [2.45, 2.75) is 39.5 Å². The van der Waals surface area contributed by atoms with E-state index in [-0.39, 0.29) is 17.7 Å². The van der Waals surface area contributed by atoms with Crippen LogP contribution in [0.2, 0.25) is 0 Å². The van der Waals surface area contributed by atoms with Gasteiger partial charge in [0.15, 0.2) is 0 Å². The third-order valence-corrected chi connectivity index (χ3v) is 5.23. The number of amides is 2. The molecule has 27 heavy (non-hydrogen) atoms. The Labute approximate surface area is 162 Å². The van der Waals surface area contributed by atoms with Gasteiger partial charge in [0.05, 0.1) is 14.2 Å². The van der Waals surface area contributed by atoms with Crippen molar-refractivity contribution in [3.05, 3.63) is 23.8 Å². The molecule has 2 rings (SSSR count). The van der Waals surface area contributed by atoms with E-state index in [9.17, 15) is 9.59 Å². The normalized spacial score (nSPS) is 15.4. The second-order valence-electron chi connectivity index (χ2n) is 6.97. The summed E-state index contributed by atoms with van der Waals surface area (Å²) in [5, 5.41) is 0. The summed E-state index contributed by atoms with van der Waals surface area (Å²) in [6.45, 7) is 6.51. The van der Waals surface area contributed by atoms with Crippen molar-refractivity contribution in [3.63, 3.8) is 0 Å². The minimum atomic E-state index is -0.0580. The van der Waals surface area contributed by atoms with Crippen molar-refractivity contribution in [1.29, 1.82) is 0 Å². The molecule has 2 amide bonds. The van der Waals surface area contributed by atoms with Gasteiger partial charge in [-0.25, -0.2) is 0 Å². The van der Waals surface area contributed by atoms with Crippen LogP contribution >= 0.6 is 0 Å². The second-order valence-corrected chi connectivity index (χ2v) is 6.97. The van der Waals surface area contributed by atoms with Crippen molar-refractivity contribution in [2.24, 2.45) is 5.92 Å². The lowest BCUT2D eigenvalue weighted by atomic mass is 9.97. The fourth-order valence-corrected chi connectivity index (χ4v) is 3.45. The number of hydrogen-bond acceptors (Lipinski definition) is 4. The summed E-state index contributed by atoms with van der Waals surface area (Å²) in [6.07, 6.45) is 4.02. The topological polar surface area (TPSA) is 59.1 Å². The zero-order chi connectivity index (χ0) is 19.8. The fourth-order valence-electron chi connectivity index (χ4n) is 3.45. The first-order chi connectivity index (χ1) is 13.0. The number of methoxy groups -OCH3 is 2. The first-order valence-corrected chi connectivity index (χ1v) is 9.85. The molecular formula is C21H32N2O4. The van der Waals surface area contributed by atoms with Crippen LogP contribution in [0.25, 0.3) is 0 Å². The summed E-state index contributed by atoms with van der Waals surface area (Å²) in [5.74, 6) is 1.47. The van der Waals surface area contributed by atoms with Gasteiger partial charge in [-0.3, -0.25) is 9.59 Å². The second kappa shape index (κ2) is 10.2. The highest BCUT2D eigenvalue weighted by atomic mass is 16.5. The van der Waals surface area contributed by atoms with E-state index in [0.717, 1.165) is 25.7 Å². The molecule has 1 unspecified atom stereocenters. The van der Waals surface area contributed by atoms with E-state index in [4.69, 9.17) is 9.47 Å². The number of carbonyl (C=O) groups excluding carboxylic acids is 2. The standard InChI is InChI=1S/C21H32N2O4/c1-5-7-8-16(6-2)20(24)22-9-11-23(12-10-22)21(25)17-13-18(26-3)15-19(14-17)27-4/h13-16H,5-12H2,1-4H3. The van der Waals surface area contributed by atoms with Crippen LogP contribution in [0.1, 0.15) is 49.9 Å². The highest BCUT2D eigenvalue weighted by Gasteiger charge is 2.28. The Balaban J connectivity index is 1.98. The maximum atomic E-state index is 12.9. The number of piperazine rings is 1. The Morgan fingerprint density at radius 3 is 2.00 bits per heavy atom. The summed E-state index contributed by atoms with van der Waals surface area (Å²) < 4.78 is 10.5. The van der Waals surface area contributed by atoms with Crippen LogP contribution in [-0.2, 0) is 4.79 Å². The minimum absolute atomic E-state index is 0.0580. The quantitative estimate of drug-likeness (QED) is 0.699. The lowest BCUT2D eigenvalue weighted by Gasteiger charge is -2.36. The van der Waals surface area contributed by atoms with E-state index in [1.54, 1.807) is 37.3 Å². The van der Waals surface area contributed by atoms with Gasteiger partial charge in [-0.05, 0) is 25.0 Å². The summed E-state index contributed by atoms with van der Waals surface area (Å²) in [7, 11) is 3.13. The number of rotatable bonds is 8. The van der Waals surface area contributed by atoms with Gasteiger partial charge in [-0.15, -0.1) is 0 Å². The Kier molecular flexibility index (Phi) is 7.95. The molecular weight excluding hydrogens is 344 g/mol. The van der Waals surface area contributed by atoms with Gasteiger partial charge in [-0.1, -0.05) is 26.7 Å². The van der Waals surface area contributed by atoms with Crippen LogP contribution in [0, 0.1) is 5.92 Å². The third-order valence-electron chi connectivity index (χ3n) is 5.23. The molecule has 0 saturated carbocycles. The van der Waals surface area contributed by atoms with Crippen LogP contribution in [0.15, 0.2) is 18.2 Å². The summed E-state index contributed by atoms with van der Waals surface area (Å²) >= 11 is 0. The number of nitrogens with zero attached hydrogens (tertiary/aromatic N) is 2. The van der Waals surface area contributed by atoms with E-state index < -0.39 is 0 Å². The van der Waals surface area contributed by atoms with Gasteiger partial charge in [0, 0.05) is 43.7 Å². The van der Waals surface area contributed by atoms with Gasteiger partial charge in [0.2, 0.25) is 5.91 Å². The molecule has 0 aromatic heterocycles. The molecule has 0 N–H and O–H groups in total. The Morgan fingerprint density at radius 1 is 0.963 bits per heavy atom. The van der Waals surface area contributed by atoms with Crippen LogP contribution in [0.5, 0.6) is 11.5 Å². The van der Waals surface area contributed by atoms with E-state index in [1.807, 2.05) is 4.90 Å². The van der Waals surface area contributed by atoms with Gasteiger partial charge in [0.25, 0.3) is 5.91 Å². The van der Waals surface area contributed by atoms with Gasteiger partial charge in [0.1, 0.15) is 11.5 Å². The molecule has 6 heteroatoms. The highest BCUT2D eigenvalue weighted by molar-refractivity contribution is 5.95. The molecule has 1 saturated heterocycles. The molecule has 1 fully saturated rings. The first kappa shape index (κ1) is 21.1. The smallest absolute Gasteiger partial charge is 0.254 e. The van der Waals surface area contributed by atoms with Gasteiger partial charge < -0.3 is 19.3 Å². The summed E-state index contributed by atoms with van der Waals surface area (Å²) in [6, 6.07) is 5.19. The van der Waals surface area contributed by atoms with E-state index in [2.05, 4.69) is 13.8 Å². The average molecular weight is 376 g/mol. The largest absolute Gasteiger partial charge is 0.497 e. The Hall–Kier alpha value is -2.24. The van der Waals surface area contributed by atoms with Crippen molar-refractivity contribution < 1.29 is 19.1 Å². The van der Waals surface area contributed by atoms with Crippen molar-refractivity contribution in [2.75, 3.05) is 40.4 Å². The lowest BCUT2D eigenvalue weighted by Crippen LogP contribution is -2.52. The molecule has 1 aromatic carbocycles. The molecule has 1 aromatic rings. The molecule has 0 spiro atoms. The number of carbonyl (C=O) groups is 2. The van der Waals surface area contributed by atoms with E-state index >= 15 is 0 Å². The predicted molar refractivity (Wildman–Crippen MR) is 105 cm³/mol. The van der Waals surface area contributed by atoms with E-state index in [1.165, 1.54) is 0 Å². The minimum Gasteiger partial charge on any atom is -0.497 e. The average Bonchev–Trinajstić information content (AvgIpc) is 2.73. The van der Waals surface area contributed by atoms with Crippen LogP contribution in [0.3, 0.4) is 0 Å². The van der Waals surface area contributed by atoms with Crippen molar-refractivity contribution in [3.8, 4) is 11.5 Å². The molecule has 150 valence electrons. The molecule has 1 heterocycles. The number of benzene rings is 1. The molecule has 0 bridgehead atoms. The zero-order valence-electron chi connectivity index (χ0n) is 17.0. The molecule has 6 nitrogen and oxygen atoms in total. The van der Waals surface area contributed by atoms with Crippen LogP contribution < -0.4 is 9.47 Å². The zero-order valence-corrected chi connectivity index (χ0v) is 17.0. The van der Waals surface area contributed by atoms with Gasteiger partial charge in [-0.2, -0.15) is 0 Å². The number of unbranched alkanes of at least 4 members (excludes halogenated alkanes) is 1. The van der Waals surface area contributed by atoms with Gasteiger partial charge >= 0.3 is 0 Å². The summed E-state index contributed by atoms with van der Waals surface area (Å²) in [4.78, 5) is 29.3. The third kappa shape index (κ3) is 5.37. The monoisotopic (exact) mass is 376 g/mol. The van der Waals surface area contributed by atoms with E-state index in [0.29, 0.717) is 43.2 Å². The SMILES string of the molecule is CCCCC(CC)C(=O)N1CCN(C(=O)c2cc(OC)cc(OC)c2)CC1. The van der Waals surface area contributed by atoms with Crippen molar-refractivity contribution in [1.82, 2.24) is 9.80 Å². The van der Waals surface area contributed by atoms with Crippen LogP contribution in [-0.4, -0.2) is 62.0 Å². The van der Waals surface area contributed by atoms with Crippen LogP contribution in [0.4, 0.5) is 0 Å². The fraction of sp³-hybridized carbons (Fsp3) is 0.619. The summed E-state index contributed by atoms with van der Waals surface area (Å²) in [5.41, 5.74) is 0.542. The first-order valence-electron chi connectivity index (χ1n) is 9.85. The molecule has 1 aliphatic heterocycles. The maximum Gasteiger partial charge on any atom is 0.254 e. The number of hydrogen-bond donors (Lipinski definition) is 0. The molecule has 0 aliphatic carbocycles. The number of ether oxygens (including phenoxy) is 2. The molecule has 1 atom stereocenters. The Morgan fingerprint density at radius 2 is 1.52 bits per heavy atom.